The molecule has 1 aromatic heterocycles. The van der Waals surface area contributed by atoms with Crippen molar-refractivity contribution in [3.63, 3.8) is 0 Å². The first-order chi connectivity index (χ1) is 36.5. The zero-order valence-electron chi connectivity index (χ0n) is 41.1. The lowest BCUT2D eigenvalue weighted by Gasteiger charge is -2.39. The Kier molecular flexibility index (Phi) is 12.9. The van der Waals surface area contributed by atoms with Gasteiger partial charge in [-0.05, 0) is 74.5 Å². The van der Waals surface area contributed by atoms with Gasteiger partial charge in [0.2, 0.25) is 0 Å². The van der Waals surface area contributed by atoms with Crippen molar-refractivity contribution in [1.82, 2.24) is 15.0 Å². The van der Waals surface area contributed by atoms with Crippen molar-refractivity contribution in [3.05, 3.63) is 278 Å². The van der Waals surface area contributed by atoms with Gasteiger partial charge in [-0.25, -0.2) is 15.0 Å². The number of hydrogen-bond acceptors (Lipinski definition) is 4. The van der Waals surface area contributed by atoms with E-state index in [-0.39, 0.29) is 5.41 Å². The SMILES string of the molecule is O=P(c1ccccc1)(c1ccccc1)c1cccc(-c2ccc(C3(c4ccc(-c5nc(-c6ccc(-c7ccccc7)cc6)nc(-c6ccc(-c7ccc(-c8ccccc8)cc7)cc6)n5)cc4)CCCCC3)cc2)c1. The molecule has 1 fully saturated rings. The van der Waals surface area contributed by atoms with Crippen LogP contribution in [0.2, 0.25) is 0 Å². The predicted octanol–water partition coefficient (Wildman–Crippen LogP) is 16.4. The van der Waals surface area contributed by atoms with E-state index in [1.807, 2.05) is 84.9 Å². The Morgan fingerprint density at radius 2 is 0.554 bits per heavy atom. The van der Waals surface area contributed by atoms with Gasteiger partial charge in [-0.1, -0.05) is 280 Å². The van der Waals surface area contributed by atoms with Crippen molar-refractivity contribution < 1.29 is 4.57 Å². The van der Waals surface area contributed by atoms with Crippen LogP contribution in [0.1, 0.15) is 43.2 Å². The fourth-order valence-corrected chi connectivity index (χ4v) is 13.6. The van der Waals surface area contributed by atoms with Crippen LogP contribution < -0.4 is 15.9 Å². The highest BCUT2D eigenvalue weighted by Crippen LogP contribution is 2.47. The van der Waals surface area contributed by atoms with Gasteiger partial charge in [-0.3, -0.25) is 0 Å². The van der Waals surface area contributed by atoms with Crippen molar-refractivity contribution >= 4 is 23.1 Å². The smallest absolute Gasteiger partial charge is 0.171 e. The molecule has 0 atom stereocenters. The lowest BCUT2D eigenvalue weighted by Crippen LogP contribution is -2.30. The highest BCUT2D eigenvalue weighted by molar-refractivity contribution is 7.85. The molecule has 0 saturated heterocycles. The second-order valence-corrected chi connectivity index (χ2v) is 22.2. The van der Waals surface area contributed by atoms with Crippen LogP contribution in [0.25, 0.3) is 78.7 Å². The van der Waals surface area contributed by atoms with Crippen LogP contribution in [-0.4, -0.2) is 15.0 Å². The minimum atomic E-state index is -3.12. The first-order valence-corrected chi connectivity index (χ1v) is 27.4. The highest BCUT2D eigenvalue weighted by Gasteiger charge is 2.36. The molecule has 12 rings (SSSR count). The molecule has 10 aromatic carbocycles. The van der Waals surface area contributed by atoms with Gasteiger partial charge in [-0.15, -0.1) is 0 Å². The number of hydrogen-bond donors (Lipinski definition) is 0. The van der Waals surface area contributed by atoms with E-state index in [9.17, 15) is 0 Å². The zero-order valence-corrected chi connectivity index (χ0v) is 42.0. The lowest BCUT2D eigenvalue weighted by molar-refractivity contribution is 0.346. The minimum Gasteiger partial charge on any atom is -0.309 e. The maximum atomic E-state index is 15.3. The summed E-state index contributed by atoms with van der Waals surface area (Å²) in [6.45, 7) is 0. The number of rotatable bonds is 12. The van der Waals surface area contributed by atoms with Crippen LogP contribution in [0.3, 0.4) is 0 Å². The van der Waals surface area contributed by atoms with Crippen LogP contribution in [0.5, 0.6) is 0 Å². The normalized spacial score (nSPS) is 13.3. The predicted molar refractivity (Wildman–Crippen MR) is 308 cm³/mol. The van der Waals surface area contributed by atoms with Crippen LogP contribution in [0, 0.1) is 0 Å². The van der Waals surface area contributed by atoms with Crippen LogP contribution in [0.15, 0.2) is 267 Å². The molecular formula is C69H54N3OP. The van der Waals surface area contributed by atoms with E-state index in [1.165, 1.54) is 47.1 Å². The summed E-state index contributed by atoms with van der Waals surface area (Å²) in [5.41, 5.74) is 14.4. The molecule has 0 amide bonds. The van der Waals surface area contributed by atoms with Gasteiger partial charge in [0.25, 0.3) is 0 Å². The van der Waals surface area contributed by atoms with Crippen molar-refractivity contribution in [2.45, 2.75) is 37.5 Å². The minimum absolute atomic E-state index is 0.132. The Morgan fingerprint density at radius 3 is 0.946 bits per heavy atom. The molecule has 74 heavy (non-hydrogen) atoms. The third-order valence-electron chi connectivity index (χ3n) is 15.0. The number of aromatic nitrogens is 3. The van der Waals surface area contributed by atoms with Crippen molar-refractivity contribution in [1.29, 1.82) is 0 Å². The molecule has 0 N–H and O–H groups in total. The maximum absolute atomic E-state index is 15.3. The molecule has 0 radical (unpaired) electrons. The monoisotopic (exact) mass is 971 g/mol. The average Bonchev–Trinajstić information content (AvgIpc) is 3.50. The second-order valence-electron chi connectivity index (χ2n) is 19.4. The maximum Gasteiger partial charge on any atom is 0.171 e. The van der Waals surface area contributed by atoms with E-state index < -0.39 is 7.14 Å². The van der Waals surface area contributed by atoms with Gasteiger partial charge < -0.3 is 4.57 Å². The average molecular weight is 972 g/mol. The van der Waals surface area contributed by atoms with Crippen LogP contribution >= 0.6 is 7.14 Å². The molecule has 11 aromatic rings. The van der Waals surface area contributed by atoms with E-state index in [1.54, 1.807) is 0 Å². The molecule has 0 aliphatic heterocycles. The zero-order chi connectivity index (χ0) is 49.7. The van der Waals surface area contributed by atoms with Crippen molar-refractivity contribution in [3.8, 4) is 78.7 Å². The third kappa shape index (κ3) is 9.26. The van der Waals surface area contributed by atoms with E-state index in [2.05, 4.69) is 182 Å². The third-order valence-corrected chi connectivity index (χ3v) is 18.0. The molecule has 1 aliphatic rings. The molecule has 5 heteroatoms. The first kappa shape index (κ1) is 46.5. The van der Waals surface area contributed by atoms with E-state index in [0.29, 0.717) is 17.5 Å². The van der Waals surface area contributed by atoms with Gasteiger partial charge in [-0.2, -0.15) is 0 Å². The van der Waals surface area contributed by atoms with E-state index in [4.69, 9.17) is 15.0 Å². The molecule has 1 heterocycles. The number of benzene rings is 10. The molecule has 0 unspecified atom stereocenters. The Labute approximate surface area is 434 Å². The molecule has 356 valence electrons. The Bertz CT molecular complexity index is 3670. The second kappa shape index (κ2) is 20.5. The number of nitrogens with zero attached hydrogens (tertiary/aromatic N) is 3. The molecule has 1 aliphatic carbocycles. The summed E-state index contributed by atoms with van der Waals surface area (Å²) in [6.07, 6.45) is 5.72. The summed E-state index contributed by atoms with van der Waals surface area (Å²) < 4.78 is 15.3. The van der Waals surface area contributed by atoms with Crippen LogP contribution in [-0.2, 0) is 9.98 Å². The summed E-state index contributed by atoms with van der Waals surface area (Å²) in [5.74, 6) is 1.90. The van der Waals surface area contributed by atoms with Gasteiger partial charge in [0, 0.05) is 38.0 Å². The van der Waals surface area contributed by atoms with Crippen molar-refractivity contribution in [2.75, 3.05) is 0 Å². The Balaban J connectivity index is 0.861. The quantitative estimate of drug-likeness (QED) is 0.114. The summed E-state index contributed by atoms with van der Waals surface area (Å²) >= 11 is 0. The van der Waals surface area contributed by atoms with Crippen molar-refractivity contribution in [2.24, 2.45) is 0 Å². The summed E-state index contributed by atoms with van der Waals surface area (Å²) in [5, 5.41) is 2.50. The molecular weight excluding hydrogens is 918 g/mol. The van der Waals surface area contributed by atoms with Gasteiger partial charge in [0.15, 0.2) is 24.6 Å². The lowest BCUT2D eigenvalue weighted by atomic mass is 9.65. The van der Waals surface area contributed by atoms with E-state index >= 15 is 4.57 Å². The summed E-state index contributed by atoms with van der Waals surface area (Å²) in [7, 11) is -3.12. The van der Waals surface area contributed by atoms with Crippen LogP contribution in [0.4, 0.5) is 0 Å². The van der Waals surface area contributed by atoms with Gasteiger partial charge in [0.05, 0.1) is 0 Å². The Morgan fingerprint density at radius 1 is 0.270 bits per heavy atom. The fourth-order valence-electron chi connectivity index (χ4n) is 10.9. The molecule has 0 bridgehead atoms. The molecule has 4 nitrogen and oxygen atoms in total. The standard InChI is InChI=1S/C69H54N3OP/c73-74(63-22-10-3-11-23-63,64-24-12-4-13-25-64)65-26-16-21-60(49-65)56-39-43-61(44-40-56)69(47-14-5-15-48-69)62-45-41-59(42-46-62)68-71-66(57-35-31-53(32-36-57)51-19-8-2-9-20-51)70-67(72-68)58-37-33-55(34-38-58)54-29-27-52(28-30-54)50-17-6-1-7-18-50/h1-4,6-13,16-46,49H,5,14-15,47-48H2. The summed E-state index contributed by atoms with van der Waals surface area (Å²) in [6, 6.07) is 93.0. The molecule has 1 saturated carbocycles. The first-order valence-electron chi connectivity index (χ1n) is 25.7. The summed E-state index contributed by atoms with van der Waals surface area (Å²) in [4.78, 5) is 15.5. The van der Waals surface area contributed by atoms with E-state index in [0.717, 1.165) is 73.3 Å². The van der Waals surface area contributed by atoms with Gasteiger partial charge in [0.1, 0.15) is 0 Å². The Hall–Kier alpha value is -8.56. The highest BCUT2D eigenvalue weighted by atomic mass is 31.2. The fraction of sp³-hybridized carbons (Fsp3) is 0.0870. The topological polar surface area (TPSA) is 55.7 Å². The van der Waals surface area contributed by atoms with Gasteiger partial charge >= 0.3 is 0 Å². The molecule has 0 spiro atoms. The largest absolute Gasteiger partial charge is 0.309 e.